The lowest BCUT2D eigenvalue weighted by Crippen LogP contribution is -2.60. The molecule has 0 unspecified atom stereocenters. The first kappa shape index (κ1) is 17.2. The van der Waals surface area contributed by atoms with E-state index >= 15 is 0 Å². The number of piperazine rings is 1. The average Bonchev–Trinajstić information content (AvgIpc) is 3.17. The predicted molar refractivity (Wildman–Crippen MR) is 95.2 cm³/mol. The standard InChI is InChI=1S/C17H21N5O3S/c1-12-14(20-11-19-12)8-21-6-7-22(16-10-26(24,25)9-15(16)21)17(23)13-4-2-3-5-18-13/h2-5,11,15-16H,6-10H2,1H3,(H,19,20)/t15-,16+/m0/s1. The van der Waals surface area contributed by atoms with Gasteiger partial charge in [-0.25, -0.2) is 13.4 Å². The van der Waals surface area contributed by atoms with Crippen LogP contribution in [0.5, 0.6) is 0 Å². The third-order valence-corrected chi connectivity index (χ3v) is 6.92. The van der Waals surface area contributed by atoms with E-state index in [9.17, 15) is 13.2 Å². The van der Waals surface area contributed by atoms with E-state index in [0.717, 1.165) is 11.4 Å². The van der Waals surface area contributed by atoms with Crippen LogP contribution in [-0.2, 0) is 16.4 Å². The van der Waals surface area contributed by atoms with Crippen molar-refractivity contribution in [3.8, 4) is 0 Å². The number of rotatable bonds is 3. The van der Waals surface area contributed by atoms with Gasteiger partial charge in [-0.3, -0.25) is 14.7 Å². The number of carbonyl (C=O) groups is 1. The van der Waals surface area contributed by atoms with Gasteiger partial charge in [-0.1, -0.05) is 6.07 Å². The summed E-state index contributed by atoms with van der Waals surface area (Å²) in [5.74, 6) is -0.118. The van der Waals surface area contributed by atoms with Crippen LogP contribution in [0, 0.1) is 6.92 Å². The van der Waals surface area contributed by atoms with Gasteiger partial charge in [0.25, 0.3) is 5.91 Å². The molecule has 0 bridgehead atoms. The minimum atomic E-state index is -3.18. The van der Waals surface area contributed by atoms with Crippen LogP contribution in [-0.4, -0.2) is 75.8 Å². The number of H-pyrrole nitrogens is 1. The summed E-state index contributed by atoms with van der Waals surface area (Å²) in [4.78, 5) is 28.2. The Kier molecular flexibility index (Phi) is 4.28. The highest BCUT2D eigenvalue weighted by Gasteiger charge is 2.48. The van der Waals surface area contributed by atoms with Crippen LogP contribution in [0.25, 0.3) is 0 Å². The number of carbonyl (C=O) groups excluding carboxylic acids is 1. The lowest BCUT2D eigenvalue weighted by Gasteiger charge is -2.43. The summed E-state index contributed by atoms with van der Waals surface area (Å²) in [6, 6.07) is 4.63. The van der Waals surface area contributed by atoms with Gasteiger partial charge in [0.15, 0.2) is 9.84 Å². The first-order valence-electron chi connectivity index (χ1n) is 8.60. The first-order chi connectivity index (χ1) is 12.4. The molecule has 4 rings (SSSR count). The summed E-state index contributed by atoms with van der Waals surface area (Å²) in [6.07, 6.45) is 3.22. The Bertz CT molecular complexity index is 911. The van der Waals surface area contributed by atoms with Crippen LogP contribution in [0.2, 0.25) is 0 Å². The molecule has 9 heteroatoms. The zero-order chi connectivity index (χ0) is 18.3. The number of amides is 1. The summed E-state index contributed by atoms with van der Waals surface area (Å²) in [5.41, 5.74) is 2.25. The van der Waals surface area contributed by atoms with Gasteiger partial charge in [0.1, 0.15) is 5.69 Å². The van der Waals surface area contributed by atoms with Crippen molar-refractivity contribution in [3.05, 3.63) is 47.8 Å². The van der Waals surface area contributed by atoms with Crippen molar-refractivity contribution in [1.29, 1.82) is 0 Å². The van der Waals surface area contributed by atoms with Crippen LogP contribution < -0.4 is 0 Å². The Balaban J connectivity index is 1.60. The number of aromatic nitrogens is 3. The van der Waals surface area contributed by atoms with Crippen LogP contribution in [0.4, 0.5) is 0 Å². The second-order valence-electron chi connectivity index (χ2n) is 6.87. The van der Waals surface area contributed by atoms with E-state index < -0.39 is 9.84 Å². The van der Waals surface area contributed by atoms with Crippen molar-refractivity contribution in [2.75, 3.05) is 24.6 Å². The fourth-order valence-corrected chi connectivity index (χ4v) is 5.86. The predicted octanol–water partition coefficient (Wildman–Crippen LogP) is 0.237. The monoisotopic (exact) mass is 375 g/mol. The number of hydrogen-bond acceptors (Lipinski definition) is 6. The lowest BCUT2D eigenvalue weighted by atomic mass is 10.0. The van der Waals surface area contributed by atoms with E-state index in [1.807, 2.05) is 6.92 Å². The van der Waals surface area contributed by atoms with Gasteiger partial charge in [-0.05, 0) is 19.1 Å². The summed E-state index contributed by atoms with van der Waals surface area (Å²) < 4.78 is 24.6. The summed E-state index contributed by atoms with van der Waals surface area (Å²) >= 11 is 0. The molecule has 0 saturated carbocycles. The van der Waals surface area contributed by atoms with E-state index in [-0.39, 0.29) is 29.5 Å². The van der Waals surface area contributed by atoms with E-state index in [4.69, 9.17) is 0 Å². The van der Waals surface area contributed by atoms with Gasteiger partial charge in [-0.15, -0.1) is 0 Å². The van der Waals surface area contributed by atoms with E-state index in [2.05, 4.69) is 19.9 Å². The van der Waals surface area contributed by atoms with Crippen molar-refractivity contribution in [1.82, 2.24) is 24.8 Å². The number of fused-ring (bicyclic) bond motifs is 1. The average molecular weight is 375 g/mol. The van der Waals surface area contributed by atoms with Crippen LogP contribution in [0.3, 0.4) is 0 Å². The molecule has 0 aliphatic carbocycles. The summed E-state index contributed by atoms with van der Waals surface area (Å²) in [7, 11) is -3.18. The molecule has 2 aromatic rings. The van der Waals surface area contributed by atoms with Gasteiger partial charge in [-0.2, -0.15) is 0 Å². The molecule has 1 N–H and O–H groups in total. The molecule has 138 valence electrons. The number of aromatic amines is 1. The molecule has 2 aliphatic heterocycles. The highest BCUT2D eigenvalue weighted by Crippen LogP contribution is 2.29. The molecule has 1 amide bonds. The number of sulfone groups is 1. The SMILES string of the molecule is Cc1[nH]cnc1CN1CCN(C(=O)c2ccccn2)[C@@H]2CS(=O)(=O)C[C@@H]21. The van der Waals surface area contributed by atoms with Gasteiger partial charge in [0.05, 0.1) is 29.6 Å². The van der Waals surface area contributed by atoms with Gasteiger partial charge >= 0.3 is 0 Å². The number of aryl methyl sites for hydroxylation is 1. The third-order valence-electron chi connectivity index (χ3n) is 5.22. The highest BCUT2D eigenvalue weighted by atomic mass is 32.2. The molecule has 0 radical (unpaired) electrons. The molecule has 2 saturated heterocycles. The Hall–Kier alpha value is -2.26. The van der Waals surface area contributed by atoms with Crippen LogP contribution in [0.1, 0.15) is 21.9 Å². The molecule has 8 nitrogen and oxygen atoms in total. The molecule has 2 aromatic heterocycles. The van der Waals surface area contributed by atoms with E-state index in [1.54, 1.807) is 35.6 Å². The fraction of sp³-hybridized carbons (Fsp3) is 0.471. The Morgan fingerprint density at radius 2 is 2.04 bits per heavy atom. The molecule has 0 aromatic carbocycles. The molecular weight excluding hydrogens is 354 g/mol. The Morgan fingerprint density at radius 1 is 1.23 bits per heavy atom. The topological polar surface area (TPSA) is 99.3 Å². The number of pyridine rings is 1. The van der Waals surface area contributed by atoms with Crippen molar-refractivity contribution in [2.45, 2.75) is 25.6 Å². The molecule has 4 heterocycles. The summed E-state index contributed by atoms with van der Waals surface area (Å²) in [5, 5.41) is 0. The Labute approximate surface area is 152 Å². The quantitative estimate of drug-likeness (QED) is 0.825. The van der Waals surface area contributed by atoms with Crippen LogP contribution >= 0.6 is 0 Å². The number of nitrogens with one attached hydrogen (secondary N) is 1. The molecule has 26 heavy (non-hydrogen) atoms. The number of hydrogen-bond donors (Lipinski definition) is 1. The fourth-order valence-electron chi connectivity index (χ4n) is 3.85. The van der Waals surface area contributed by atoms with Crippen molar-refractivity contribution >= 4 is 15.7 Å². The van der Waals surface area contributed by atoms with Gasteiger partial charge < -0.3 is 9.88 Å². The normalized spacial score (nSPS) is 25.2. The Morgan fingerprint density at radius 3 is 2.73 bits per heavy atom. The number of imidazole rings is 1. The van der Waals surface area contributed by atoms with Crippen molar-refractivity contribution in [2.24, 2.45) is 0 Å². The maximum absolute atomic E-state index is 12.9. The third kappa shape index (κ3) is 3.12. The number of nitrogens with zero attached hydrogens (tertiary/aromatic N) is 4. The molecule has 2 fully saturated rings. The minimum absolute atomic E-state index is 0.00624. The lowest BCUT2D eigenvalue weighted by molar-refractivity contribution is 0.0297. The van der Waals surface area contributed by atoms with Gasteiger partial charge in [0.2, 0.25) is 0 Å². The summed E-state index contributed by atoms with van der Waals surface area (Å²) in [6.45, 7) is 3.63. The van der Waals surface area contributed by atoms with Crippen molar-refractivity contribution < 1.29 is 13.2 Å². The maximum Gasteiger partial charge on any atom is 0.272 e. The van der Waals surface area contributed by atoms with Crippen LogP contribution in [0.15, 0.2) is 30.7 Å². The van der Waals surface area contributed by atoms with E-state index in [1.165, 1.54) is 0 Å². The van der Waals surface area contributed by atoms with Gasteiger partial charge in [0, 0.05) is 37.6 Å². The van der Waals surface area contributed by atoms with E-state index in [0.29, 0.717) is 25.3 Å². The van der Waals surface area contributed by atoms with Crippen molar-refractivity contribution in [3.63, 3.8) is 0 Å². The highest BCUT2D eigenvalue weighted by molar-refractivity contribution is 7.91. The maximum atomic E-state index is 12.9. The zero-order valence-electron chi connectivity index (χ0n) is 14.5. The molecular formula is C17H21N5O3S. The molecule has 2 atom stereocenters. The smallest absolute Gasteiger partial charge is 0.272 e. The molecule has 2 aliphatic rings. The zero-order valence-corrected chi connectivity index (χ0v) is 15.3. The second kappa shape index (κ2) is 6.48. The minimum Gasteiger partial charge on any atom is -0.348 e. The first-order valence-corrected chi connectivity index (χ1v) is 10.4. The largest absolute Gasteiger partial charge is 0.348 e. The molecule has 0 spiro atoms. The second-order valence-corrected chi connectivity index (χ2v) is 9.02.